The molecular formula is C18H17N3O3S. The van der Waals surface area contributed by atoms with Crippen molar-refractivity contribution < 1.29 is 14.6 Å². The highest BCUT2D eigenvalue weighted by Crippen LogP contribution is 2.22. The zero-order valence-corrected chi connectivity index (χ0v) is 14.4. The highest BCUT2D eigenvalue weighted by molar-refractivity contribution is 7.07. The van der Waals surface area contributed by atoms with Gasteiger partial charge >= 0.3 is 0 Å². The van der Waals surface area contributed by atoms with Gasteiger partial charge in [0.2, 0.25) is 4.80 Å². The van der Waals surface area contributed by atoms with Gasteiger partial charge in [-0.3, -0.25) is 4.99 Å². The fourth-order valence-electron chi connectivity index (χ4n) is 2.08. The van der Waals surface area contributed by atoms with Crippen molar-refractivity contribution in [1.82, 2.24) is 4.68 Å². The number of aromatic nitrogens is 1. The third kappa shape index (κ3) is 3.89. The molecule has 0 fully saturated rings. The second kappa shape index (κ2) is 7.23. The van der Waals surface area contributed by atoms with E-state index in [9.17, 15) is 10.2 Å². The molecule has 0 spiro atoms. The SMILES string of the molecule is C=C(C)CN=c1scc(-c2ccco2)n1/N=C/c1ccc(O)cc1O. The van der Waals surface area contributed by atoms with Crippen molar-refractivity contribution >= 4 is 17.6 Å². The normalized spacial score (nSPS) is 12.1. The van der Waals surface area contributed by atoms with Gasteiger partial charge in [-0.15, -0.1) is 11.3 Å². The van der Waals surface area contributed by atoms with Crippen molar-refractivity contribution in [2.45, 2.75) is 6.92 Å². The Hall–Kier alpha value is -3.06. The van der Waals surface area contributed by atoms with Gasteiger partial charge in [0, 0.05) is 17.0 Å². The fourth-order valence-corrected chi connectivity index (χ4v) is 2.90. The Morgan fingerprint density at radius 1 is 1.36 bits per heavy atom. The Balaban J connectivity index is 2.06. The summed E-state index contributed by atoms with van der Waals surface area (Å²) in [7, 11) is 0. The van der Waals surface area contributed by atoms with Crippen LogP contribution in [-0.4, -0.2) is 27.6 Å². The Morgan fingerprint density at radius 3 is 2.88 bits per heavy atom. The first kappa shape index (κ1) is 16.8. The van der Waals surface area contributed by atoms with E-state index >= 15 is 0 Å². The molecule has 2 aromatic heterocycles. The van der Waals surface area contributed by atoms with E-state index < -0.39 is 0 Å². The van der Waals surface area contributed by atoms with E-state index in [4.69, 9.17) is 4.42 Å². The fraction of sp³-hybridized carbons (Fsp3) is 0.111. The molecule has 0 saturated carbocycles. The van der Waals surface area contributed by atoms with Crippen LogP contribution in [0, 0.1) is 0 Å². The van der Waals surface area contributed by atoms with Crippen LogP contribution >= 0.6 is 11.3 Å². The average molecular weight is 355 g/mol. The minimum atomic E-state index is -0.0560. The topological polar surface area (TPSA) is 83.2 Å². The van der Waals surface area contributed by atoms with Gasteiger partial charge in [0.1, 0.15) is 17.2 Å². The van der Waals surface area contributed by atoms with Crippen molar-refractivity contribution in [2.24, 2.45) is 10.1 Å². The molecule has 0 unspecified atom stereocenters. The number of rotatable bonds is 5. The molecule has 25 heavy (non-hydrogen) atoms. The van der Waals surface area contributed by atoms with Crippen LogP contribution in [0.3, 0.4) is 0 Å². The smallest absolute Gasteiger partial charge is 0.206 e. The van der Waals surface area contributed by atoms with Crippen molar-refractivity contribution in [3.8, 4) is 23.0 Å². The van der Waals surface area contributed by atoms with Crippen molar-refractivity contribution in [1.29, 1.82) is 0 Å². The Kier molecular flexibility index (Phi) is 4.85. The van der Waals surface area contributed by atoms with E-state index in [-0.39, 0.29) is 11.5 Å². The van der Waals surface area contributed by atoms with Gasteiger partial charge in [-0.05, 0) is 31.2 Å². The maximum absolute atomic E-state index is 9.91. The van der Waals surface area contributed by atoms with Gasteiger partial charge in [-0.25, -0.2) is 4.68 Å². The molecule has 6 nitrogen and oxygen atoms in total. The first-order chi connectivity index (χ1) is 12.0. The zero-order valence-electron chi connectivity index (χ0n) is 13.6. The number of benzene rings is 1. The Labute approximate surface area is 148 Å². The lowest BCUT2D eigenvalue weighted by molar-refractivity contribution is 0.450. The summed E-state index contributed by atoms with van der Waals surface area (Å²) in [6, 6.07) is 7.98. The second-order valence-corrected chi connectivity index (χ2v) is 6.29. The standard InChI is InChI=1S/C18H17N3O3S/c1-12(2)9-19-18-21(15(11-25-18)17-4-3-7-24-17)20-10-13-5-6-14(22)8-16(13)23/h3-8,10-11,22-23H,1,9H2,2H3/b19-18?,20-10+. The third-order valence-corrected chi connectivity index (χ3v) is 4.12. The Morgan fingerprint density at radius 2 is 2.20 bits per heavy atom. The molecule has 0 aliphatic carbocycles. The third-order valence-electron chi connectivity index (χ3n) is 3.27. The second-order valence-electron chi connectivity index (χ2n) is 5.45. The number of hydrogen-bond acceptors (Lipinski definition) is 6. The van der Waals surface area contributed by atoms with Gasteiger partial charge in [0.15, 0.2) is 5.76 Å². The quantitative estimate of drug-likeness (QED) is 0.542. The monoisotopic (exact) mass is 355 g/mol. The van der Waals surface area contributed by atoms with Crippen LogP contribution < -0.4 is 4.80 Å². The molecule has 7 heteroatoms. The number of hydrogen-bond donors (Lipinski definition) is 2. The minimum Gasteiger partial charge on any atom is -0.508 e. The van der Waals surface area contributed by atoms with Crippen LogP contribution in [-0.2, 0) is 0 Å². The van der Waals surface area contributed by atoms with Crippen LogP contribution in [0.1, 0.15) is 12.5 Å². The van der Waals surface area contributed by atoms with Crippen LogP contribution in [0.5, 0.6) is 11.5 Å². The molecular weight excluding hydrogens is 338 g/mol. The van der Waals surface area contributed by atoms with Crippen molar-refractivity contribution in [3.05, 3.63) is 64.5 Å². The van der Waals surface area contributed by atoms with Gasteiger partial charge in [0.05, 0.1) is 19.0 Å². The van der Waals surface area contributed by atoms with E-state index in [1.54, 1.807) is 23.1 Å². The number of nitrogens with zero attached hydrogens (tertiary/aromatic N) is 3. The van der Waals surface area contributed by atoms with Crippen LogP contribution in [0.15, 0.2) is 68.6 Å². The minimum absolute atomic E-state index is 0.00809. The van der Waals surface area contributed by atoms with E-state index in [0.29, 0.717) is 22.7 Å². The van der Waals surface area contributed by atoms with Crippen LogP contribution in [0.4, 0.5) is 0 Å². The highest BCUT2D eigenvalue weighted by atomic mass is 32.1. The largest absolute Gasteiger partial charge is 0.508 e. The van der Waals surface area contributed by atoms with Gasteiger partial charge < -0.3 is 14.6 Å². The maximum atomic E-state index is 9.91. The number of phenolic OH excluding ortho intramolecular Hbond substituents is 2. The van der Waals surface area contributed by atoms with Gasteiger partial charge in [-0.2, -0.15) is 5.10 Å². The van der Waals surface area contributed by atoms with E-state index in [0.717, 1.165) is 11.3 Å². The molecule has 0 atom stereocenters. The Bertz CT molecular complexity index is 981. The molecule has 0 amide bonds. The first-order valence-electron chi connectivity index (χ1n) is 7.50. The molecule has 3 aromatic rings. The number of furan rings is 1. The van der Waals surface area contributed by atoms with E-state index in [1.165, 1.54) is 29.7 Å². The van der Waals surface area contributed by atoms with Crippen molar-refractivity contribution in [2.75, 3.05) is 6.54 Å². The van der Waals surface area contributed by atoms with Gasteiger partial charge in [0.25, 0.3) is 0 Å². The molecule has 1 aromatic carbocycles. The van der Waals surface area contributed by atoms with Crippen molar-refractivity contribution in [3.63, 3.8) is 0 Å². The van der Waals surface area contributed by atoms with E-state index in [2.05, 4.69) is 16.7 Å². The van der Waals surface area contributed by atoms with Gasteiger partial charge in [-0.1, -0.05) is 12.2 Å². The summed E-state index contributed by atoms with van der Waals surface area (Å²) in [6.07, 6.45) is 3.10. The summed E-state index contributed by atoms with van der Waals surface area (Å²) in [5.41, 5.74) is 2.18. The number of phenols is 2. The molecule has 3 rings (SSSR count). The number of thiazole rings is 1. The van der Waals surface area contributed by atoms with Crippen LogP contribution in [0.25, 0.3) is 11.5 Å². The van der Waals surface area contributed by atoms with Crippen LogP contribution in [0.2, 0.25) is 0 Å². The highest BCUT2D eigenvalue weighted by Gasteiger charge is 2.10. The summed E-state index contributed by atoms with van der Waals surface area (Å²) in [6.45, 7) is 6.27. The summed E-state index contributed by atoms with van der Waals surface area (Å²) < 4.78 is 7.11. The van der Waals surface area contributed by atoms with E-state index in [1.807, 2.05) is 18.4 Å². The lowest BCUT2D eigenvalue weighted by Gasteiger charge is -2.02. The molecule has 0 bridgehead atoms. The molecule has 2 heterocycles. The molecule has 2 N–H and O–H groups in total. The molecule has 0 saturated heterocycles. The lowest BCUT2D eigenvalue weighted by Crippen LogP contribution is -2.12. The molecule has 128 valence electrons. The number of aromatic hydroxyl groups is 2. The predicted molar refractivity (Wildman–Crippen MR) is 98.0 cm³/mol. The molecule has 0 aliphatic rings. The molecule has 0 radical (unpaired) electrons. The summed E-state index contributed by atoms with van der Waals surface area (Å²) in [5, 5.41) is 25.6. The molecule has 0 aliphatic heterocycles. The first-order valence-corrected chi connectivity index (χ1v) is 8.38. The maximum Gasteiger partial charge on any atom is 0.206 e. The summed E-state index contributed by atoms with van der Waals surface area (Å²) in [4.78, 5) is 5.19. The average Bonchev–Trinajstić information content (AvgIpc) is 3.21. The predicted octanol–water partition coefficient (Wildman–Crippen LogP) is 3.58. The summed E-state index contributed by atoms with van der Waals surface area (Å²) in [5.74, 6) is 0.603. The summed E-state index contributed by atoms with van der Waals surface area (Å²) >= 11 is 1.44. The zero-order chi connectivity index (χ0) is 17.8. The lowest BCUT2D eigenvalue weighted by atomic mass is 10.2.